The number of hydrogen-bond donors (Lipinski definition) is 0. The summed E-state index contributed by atoms with van der Waals surface area (Å²) >= 11 is 0. The van der Waals surface area contributed by atoms with Gasteiger partial charge in [-0.25, -0.2) is 4.98 Å². The van der Waals surface area contributed by atoms with Crippen molar-refractivity contribution in [1.29, 1.82) is 0 Å². The minimum absolute atomic E-state index is 0.0724. The van der Waals surface area contributed by atoms with Crippen molar-refractivity contribution in [2.45, 2.75) is 33.6 Å². The summed E-state index contributed by atoms with van der Waals surface area (Å²) in [4.78, 5) is 14.8. The zero-order valence-corrected chi connectivity index (χ0v) is 8.33. The molecule has 0 radical (unpaired) electrons. The Bertz CT molecular complexity index is 291. The van der Waals surface area contributed by atoms with Crippen LogP contribution in [0.25, 0.3) is 0 Å². The first-order valence-electron chi connectivity index (χ1n) is 4.55. The molecule has 3 heteroatoms. The highest BCUT2D eigenvalue weighted by Crippen LogP contribution is 2.14. The Balaban J connectivity index is 2.72. The summed E-state index contributed by atoms with van der Waals surface area (Å²) in [7, 11) is 0. The molecule has 1 aromatic rings. The van der Waals surface area contributed by atoms with Crippen LogP contribution in [0.15, 0.2) is 4.42 Å². The van der Waals surface area contributed by atoms with Crippen LogP contribution in [0.1, 0.15) is 30.7 Å². The van der Waals surface area contributed by atoms with Crippen molar-refractivity contribution in [2.24, 2.45) is 5.92 Å². The number of carbonyl (C=O) groups excluding carboxylic acids is 1. The number of rotatable bonds is 4. The zero-order chi connectivity index (χ0) is 9.84. The molecule has 0 N–H and O–H groups in total. The van der Waals surface area contributed by atoms with Crippen molar-refractivity contribution >= 4 is 6.29 Å². The van der Waals surface area contributed by atoms with Crippen LogP contribution in [0.5, 0.6) is 0 Å². The summed E-state index contributed by atoms with van der Waals surface area (Å²) in [6.45, 7) is 5.70. The molecule has 1 aromatic heterocycles. The number of nitrogens with zero attached hydrogens (tertiary/aromatic N) is 1. The molecule has 72 valence electrons. The molecule has 13 heavy (non-hydrogen) atoms. The molecule has 0 amide bonds. The van der Waals surface area contributed by atoms with E-state index in [1.54, 1.807) is 0 Å². The molecule has 0 aliphatic heterocycles. The van der Waals surface area contributed by atoms with Gasteiger partial charge in [0.05, 0.1) is 5.69 Å². The number of oxazole rings is 1. The third-order valence-electron chi connectivity index (χ3n) is 2.17. The van der Waals surface area contributed by atoms with Gasteiger partial charge in [0, 0.05) is 19.3 Å². The Morgan fingerprint density at radius 1 is 1.54 bits per heavy atom. The minimum atomic E-state index is 0.0724. The van der Waals surface area contributed by atoms with Crippen LogP contribution in [-0.2, 0) is 11.2 Å². The van der Waals surface area contributed by atoms with Gasteiger partial charge in [-0.05, 0) is 13.3 Å². The lowest BCUT2D eigenvalue weighted by molar-refractivity contribution is -0.111. The molecule has 0 fully saturated rings. The first-order chi connectivity index (χ1) is 6.17. The van der Waals surface area contributed by atoms with E-state index in [1.165, 1.54) is 0 Å². The maximum atomic E-state index is 10.6. The summed E-state index contributed by atoms with van der Waals surface area (Å²) in [5.74, 6) is 1.58. The van der Waals surface area contributed by atoms with Crippen LogP contribution in [0.3, 0.4) is 0 Å². The quantitative estimate of drug-likeness (QED) is 0.668. The average molecular weight is 181 g/mol. The highest BCUT2D eigenvalue weighted by Gasteiger charge is 2.12. The van der Waals surface area contributed by atoms with Crippen LogP contribution in [0.2, 0.25) is 0 Å². The van der Waals surface area contributed by atoms with Gasteiger partial charge in [-0.1, -0.05) is 6.92 Å². The van der Waals surface area contributed by atoms with Gasteiger partial charge >= 0.3 is 0 Å². The number of aryl methyl sites for hydroxylation is 2. The first-order valence-corrected chi connectivity index (χ1v) is 4.55. The van der Waals surface area contributed by atoms with Gasteiger partial charge in [-0.3, -0.25) is 0 Å². The molecule has 1 rings (SSSR count). The van der Waals surface area contributed by atoms with Crippen LogP contribution in [-0.4, -0.2) is 11.3 Å². The summed E-state index contributed by atoms with van der Waals surface area (Å²) in [5, 5.41) is 0. The molecule has 0 aliphatic rings. The molecule has 0 saturated heterocycles. The molecule has 0 saturated carbocycles. The van der Waals surface area contributed by atoms with Gasteiger partial charge < -0.3 is 9.21 Å². The van der Waals surface area contributed by atoms with Gasteiger partial charge in [-0.2, -0.15) is 0 Å². The fraction of sp³-hybridized carbons (Fsp3) is 0.600. The van der Waals surface area contributed by atoms with Crippen molar-refractivity contribution in [3.63, 3.8) is 0 Å². The maximum absolute atomic E-state index is 10.6. The Morgan fingerprint density at radius 3 is 2.62 bits per heavy atom. The second-order valence-corrected chi connectivity index (χ2v) is 3.24. The smallest absolute Gasteiger partial charge is 0.191 e. The molecule has 0 aromatic carbocycles. The average Bonchev–Trinajstić information content (AvgIpc) is 2.41. The van der Waals surface area contributed by atoms with Crippen molar-refractivity contribution in [3.8, 4) is 0 Å². The van der Waals surface area contributed by atoms with Crippen LogP contribution >= 0.6 is 0 Å². The fourth-order valence-electron chi connectivity index (χ4n) is 1.30. The molecule has 1 heterocycles. The summed E-state index contributed by atoms with van der Waals surface area (Å²) in [6, 6.07) is 0. The van der Waals surface area contributed by atoms with Gasteiger partial charge in [0.2, 0.25) is 0 Å². The second kappa shape index (κ2) is 4.21. The van der Waals surface area contributed by atoms with Crippen molar-refractivity contribution in [2.75, 3.05) is 0 Å². The van der Waals surface area contributed by atoms with E-state index >= 15 is 0 Å². The molecule has 1 unspecified atom stereocenters. The lowest BCUT2D eigenvalue weighted by atomic mass is 10.0. The van der Waals surface area contributed by atoms with Crippen molar-refractivity contribution in [3.05, 3.63) is 17.3 Å². The van der Waals surface area contributed by atoms with E-state index in [9.17, 15) is 4.79 Å². The molecular formula is C10H15NO2. The van der Waals surface area contributed by atoms with E-state index in [1.807, 2.05) is 20.8 Å². The molecule has 0 bridgehead atoms. The van der Waals surface area contributed by atoms with Crippen molar-refractivity contribution in [1.82, 2.24) is 4.98 Å². The Hall–Kier alpha value is -1.12. The SMILES string of the molecule is CCC(C=O)Cc1nc(C)oc1C. The maximum Gasteiger partial charge on any atom is 0.191 e. The second-order valence-electron chi connectivity index (χ2n) is 3.24. The predicted octanol–water partition coefficient (Wildman–Crippen LogP) is 2.06. The predicted molar refractivity (Wildman–Crippen MR) is 49.5 cm³/mol. The molecule has 0 spiro atoms. The van der Waals surface area contributed by atoms with Gasteiger partial charge in [0.1, 0.15) is 12.0 Å². The summed E-state index contributed by atoms with van der Waals surface area (Å²) in [5.41, 5.74) is 0.913. The Morgan fingerprint density at radius 2 is 2.23 bits per heavy atom. The van der Waals surface area contributed by atoms with Gasteiger partial charge in [0.15, 0.2) is 5.89 Å². The minimum Gasteiger partial charge on any atom is -0.446 e. The van der Waals surface area contributed by atoms with Gasteiger partial charge in [-0.15, -0.1) is 0 Å². The normalized spacial score (nSPS) is 12.8. The highest BCUT2D eigenvalue weighted by molar-refractivity contribution is 5.54. The Kier molecular flexibility index (Phi) is 3.23. The van der Waals surface area contributed by atoms with Crippen LogP contribution in [0.4, 0.5) is 0 Å². The molecule has 3 nitrogen and oxygen atoms in total. The molecular weight excluding hydrogens is 166 g/mol. The van der Waals surface area contributed by atoms with E-state index in [0.717, 1.165) is 24.2 Å². The van der Waals surface area contributed by atoms with E-state index < -0.39 is 0 Å². The van der Waals surface area contributed by atoms with Gasteiger partial charge in [0.25, 0.3) is 0 Å². The van der Waals surface area contributed by atoms with E-state index in [4.69, 9.17) is 4.42 Å². The van der Waals surface area contributed by atoms with Crippen molar-refractivity contribution < 1.29 is 9.21 Å². The molecule has 0 aliphatic carbocycles. The van der Waals surface area contributed by atoms with E-state index in [2.05, 4.69) is 4.98 Å². The third kappa shape index (κ3) is 2.41. The third-order valence-corrected chi connectivity index (χ3v) is 2.17. The number of hydrogen-bond acceptors (Lipinski definition) is 3. The number of aromatic nitrogens is 1. The van der Waals surface area contributed by atoms with Crippen LogP contribution in [0, 0.1) is 19.8 Å². The highest BCUT2D eigenvalue weighted by atomic mass is 16.4. The zero-order valence-electron chi connectivity index (χ0n) is 8.33. The van der Waals surface area contributed by atoms with E-state index in [-0.39, 0.29) is 5.92 Å². The largest absolute Gasteiger partial charge is 0.446 e. The summed E-state index contributed by atoms with van der Waals surface area (Å²) < 4.78 is 5.28. The number of carbonyl (C=O) groups is 1. The molecule has 1 atom stereocenters. The number of aldehydes is 1. The Labute approximate surface area is 78.2 Å². The monoisotopic (exact) mass is 181 g/mol. The lowest BCUT2D eigenvalue weighted by Crippen LogP contribution is -2.05. The lowest BCUT2D eigenvalue weighted by Gasteiger charge is -2.03. The fourth-order valence-corrected chi connectivity index (χ4v) is 1.30. The standard InChI is InChI=1S/C10H15NO2/c1-4-9(6-12)5-10-7(2)13-8(3)11-10/h6,9H,4-5H2,1-3H3. The summed E-state index contributed by atoms with van der Waals surface area (Å²) in [6.07, 6.45) is 2.54. The first kappa shape index (κ1) is 9.96. The van der Waals surface area contributed by atoms with Crippen LogP contribution < -0.4 is 0 Å². The van der Waals surface area contributed by atoms with E-state index in [0.29, 0.717) is 12.3 Å². The topological polar surface area (TPSA) is 43.1 Å².